The van der Waals surface area contributed by atoms with Crippen LogP contribution >= 0.6 is 0 Å². The van der Waals surface area contributed by atoms with Crippen LogP contribution in [0.5, 0.6) is 5.75 Å². The fraction of sp³-hybridized carbons (Fsp3) is 0.348. The first-order chi connectivity index (χ1) is 15.3. The van der Waals surface area contributed by atoms with Crippen molar-refractivity contribution in [3.63, 3.8) is 0 Å². The summed E-state index contributed by atoms with van der Waals surface area (Å²) in [6.07, 6.45) is 0.723. The maximum atomic E-state index is 14.0. The Hall–Kier alpha value is -2.91. The minimum absolute atomic E-state index is 0.158. The molecular weight excluding hydrogens is 435 g/mol. The van der Waals surface area contributed by atoms with E-state index in [0.29, 0.717) is 29.9 Å². The van der Waals surface area contributed by atoms with Gasteiger partial charge in [-0.3, -0.25) is 4.79 Å². The Morgan fingerprint density at radius 2 is 1.91 bits per heavy atom. The number of fused-ring (bicyclic) bond motifs is 1. The van der Waals surface area contributed by atoms with E-state index in [9.17, 15) is 17.6 Å². The number of rotatable bonds is 6. The van der Waals surface area contributed by atoms with E-state index in [2.05, 4.69) is 5.32 Å². The van der Waals surface area contributed by atoms with Crippen LogP contribution in [-0.2, 0) is 14.8 Å². The van der Waals surface area contributed by atoms with E-state index in [0.717, 1.165) is 11.5 Å². The number of para-hydroxylation sites is 1. The maximum absolute atomic E-state index is 14.0. The number of amides is 1. The Bertz CT molecular complexity index is 1230. The number of piperidine rings is 1. The van der Waals surface area contributed by atoms with Gasteiger partial charge in [0.25, 0.3) is 0 Å². The maximum Gasteiger partial charge on any atom is 0.245 e. The number of nitrogens with zero attached hydrogens (tertiary/aromatic N) is 1. The van der Waals surface area contributed by atoms with E-state index < -0.39 is 15.8 Å². The SMILES string of the molecule is COc1cccc2cc(C(C)NC(=O)C3CCN(S(=O)(=O)c4ccccc4F)CC3)oc12. The van der Waals surface area contributed by atoms with Crippen molar-refractivity contribution in [2.24, 2.45) is 5.92 Å². The molecule has 7 nitrogen and oxygen atoms in total. The molecule has 2 aromatic carbocycles. The van der Waals surface area contributed by atoms with Crippen LogP contribution in [-0.4, -0.2) is 38.8 Å². The van der Waals surface area contributed by atoms with E-state index >= 15 is 0 Å². The summed E-state index contributed by atoms with van der Waals surface area (Å²) in [6.45, 7) is 2.15. The number of sulfonamides is 1. The predicted molar refractivity (Wildman–Crippen MR) is 117 cm³/mol. The van der Waals surface area contributed by atoms with Crippen LogP contribution in [0.1, 0.15) is 31.6 Å². The zero-order valence-corrected chi connectivity index (χ0v) is 18.7. The van der Waals surface area contributed by atoms with Crippen LogP contribution < -0.4 is 10.1 Å². The molecule has 2 heterocycles. The molecular formula is C23H25FN2O5S. The molecule has 9 heteroatoms. The fourth-order valence-corrected chi connectivity index (χ4v) is 5.52. The Kier molecular flexibility index (Phi) is 6.21. The zero-order chi connectivity index (χ0) is 22.9. The molecule has 170 valence electrons. The third-order valence-electron chi connectivity index (χ3n) is 5.81. The summed E-state index contributed by atoms with van der Waals surface area (Å²) in [5.74, 6) is -0.0342. The number of hydrogen-bond acceptors (Lipinski definition) is 5. The van der Waals surface area contributed by atoms with Gasteiger partial charge in [0.15, 0.2) is 11.3 Å². The molecule has 32 heavy (non-hydrogen) atoms. The summed E-state index contributed by atoms with van der Waals surface area (Å²) in [7, 11) is -2.36. The second kappa shape index (κ2) is 8.91. The van der Waals surface area contributed by atoms with Crippen molar-refractivity contribution in [2.45, 2.75) is 30.7 Å². The lowest BCUT2D eigenvalue weighted by Crippen LogP contribution is -2.43. The summed E-state index contributed by atoms with van der Waals surface area (Å²) in [6, 6.07) is 12.4. The highest BCUT2D eigenvalue weighted by atomic mass is 32.2. The van der Waals surface area contributed by atoms with Gasteiger partial charge in [-0.15, -0.1) is 0 Å². The van der Waals surface area contributed by atoms with Crippen LogP contribution in [0.25, 0.3) is 11.0 Å². The van der Waals surface area contributed by atoms with Gasteiger partial charge in [0.1, 0.15) is 16.5 Å². The van der Waals surface area contributed by atoms with Crippen molar-refractivity contribution in [2.75, 3.05) is 20.2 Å². The van der Waals surface area contributed by atoms with Crippen molar-refractivity contribution < 1.29 is 26.8 Å². The molecule has 1 atom stereocenters. The minimum atomic E-state index is -3.93. The first-order valence-electron chi connectivity index (χ1n) is 10.4. The highest BCUT2D eigenvalue weighted by Crippen LogP contribution is 2.31. The van der Waals surface area contributed by atoms with E-state index in [1.807, 2.05) is 31.2 Å². The third kappa shape index (κ3) is 4.22. The summed E-state index contributed by atoms with van der Waals surface area (Å²) in [4.78, 5) is 12.5. The van der Waals surface area contributed by atoms with Gasteiger partial charge in [-0.1, -0.05) is 24.3 Å². The highest BCUT2D eigenvalue weighted by molar-refractivity contribution is 7.89. The molecule has 4 rings (SSSR count). The lowest BCUT2D eigenvalue weighted by molar-refractivity contribution is -0.126. The van der Waals surface area contributed by atoms with Crippen LogP contribution in [0.15, 0.2) is 57.8 Å². The van der Waals surface area contributed by atoms with E-state index in [4.69, 9.17) is 9.15 Å². The number of halogens is 1. The molecule has 1 aliphatic rings. The monoisotopic (exact) mass is 460 g/mol. The lowest BCUT2D eigenvalue weighted by Gasteiger charge is -2.31. The average Bonchev–Trinajstić information content (AvgIpc) is 3.24. The van der Waals surface area contributed by atoms with E-state index in [-0.39, 0.29) is 35.9 Å². The van der Waals surface area contributed by atoms with E-state index in [1.54, 1.807) is 7.11 Å². The molecule has 1 N–H and O–H groups in total. The van der Waals surface area contributed by atoms with Gasteiger partial charge in [-0.05, 0) is 44.0 Å². The van der Waals surface area contributed by atoms with Gasteiger partial charge in [0.2, 0.25) is 15.9 Å². The predicted octanol–water partition coefficient (Wildman–Crippen LogP) is 3.86. The molecule has 1 aromatic heterocycles. The summed E-state index contributed by atoms with van der Waals surface area (Å²) in [5.41, 5.74) is 0.623. The quantitative estimate of drug-likeness (QED) is 0.604. The Morgan fingerprint density at radius 3 is 2.59 bits per heavy atom. The van der Waals surface area contributed by atoms with Crippen molar-refractivity contribution >= 4 is 26.9 Å². The largest absolute Gasteiger partial charge is 0.493 e. The number of ether oxygens (including phenoxy) is 1. The van der Waals surface area contributed by atoms with Gasteiger partial charge in [-0.25, -0.2) is 12.8 Å². The van der Waals surface area contributed by atoms with Gasteiger partial charge in [0.05, 0.1) is 13.2 Å². The number of furan rings is 1. The Morgan fingerprint density at radius 1 is 1.19 bits per heavy atom. The van der Waals surface area contributed by atoms with Crippen LogP contribution in [0.2, 0.25) is 0 Å². The normalized spacial score (nSPS) is 16.7. The Labute approximate surface area is 186 Å². The number of benzene rings is 2. The average molecular weight is 461 g/mol. The molecule has 1 unspecified atom stereocenters. The van der Waals surface area contributed by atoms with Crippen LogP contribution in [0.4, 0.5) is 4.39 Å². The van der Waals surface area contributed by atoms with Crippen molar-refractivity contribution in [1.29, 1.82) is 0 Å². The van der Waals surface area contributed by atoms with Gasteiger partial charge in [-0.2, -0.15) is 4.31 Å². The minimum Gasteiger partial charge on any atom is -0.493 e. The molecule has 0 aliphatic carbocycles. The number of nitrogens with one attached hydrogen (secondary N) is 1. The standard InChI is InChI=1S/C23H25FN2O5S/c1-15(20-14-17-6-5-8-19(30-2)22(17)31-20)25-23(27)16-10-12-26(13-11-16)32(28,29)21-9-4-3-7-18(21)24/h3-9,14-16H,10-13H2,1-2H3,(H,25,27). The van der Waals surface area contributed by atoms with Crippen LogP contribution in [0, 0.1) is 11.7 Å². The van der Waals surface area contributed by atoms with Crippen molar-refractivity contribution in [3.05, 3.63) is 60.1 Å². The highest BCUT2D eigenvalue weighted by Gasteiger charge is 2.34. The number of carbonyl (C=O) groups is 1. The van der Waals surface area contributed by atoms with Gasteiger partial charge >= 0.3 is 0 Å². The number of methoxy groups -OCH3 is 1. The zero-order valence-electron chi connectivity index (χ0n) is 17.9. The van der Waals surface area contributed by atoms with E-state index in [1.165, 1.54) is 22.5 Å². The number of carbonyl (C=O) groups excluding carboxylic acids is 1. The molecule has 0 bridgehead atoms. The molecule has 1 amide bonds. The topological polar surface area (TPSA) is 88.9 Å². The second-order valence-corrected chi connectivity index (χ2v) is 9.77. The van der Waals surface area contributed by atoms with Crippen LogP contribution in [0.3, 0.4) is 0 Å². The van der Waals surface area contributed by atoms with Crippen molar-refractivity contribution in [1.82, 2.24) is 9.62 Å². The first kappa shape index (κ1) is 22.3. The second-order valence-electron chi connectivity index (χ2n) is 7.87. The molecule has 0 spiro atoms. The van der Waals surface area contributed by atoms with Crippen molar-refractivity contribution in [3.8, 4) is 5.75 Å². The lowest BCUT2D eigenvalue weighted by atomic mass is 9.97. The molecule has 1 saturated heterocycles. The Balaban J connectivity index is 1.39. The summed E-state index contributed by atoms with van der Waals surface area (Å²) >= 11 is 0. The van der Waals surface area contributed by atoms with Gasteiger partial charge in [0, 0.05) is 24.4 Å². The molecule has 1 fully saturated rings. The first-order valence-corrected chi connectivity index (χ1v) is 11.9. The summed E-state index contributed by atoms with van der Waals surface area (Å²) < 4.78 is 51.9. The summed E-state index contributed by atoms with van der Waals surface area (Å²) in [5, 5.41) is 3.84. The molecule has 0 saturated carbocycles. The number of hydrogen-bond donors (Lipinski definition) is 1. The fourth-order valence-electron chi connectivity index (χ4n) is 3.98. The third-order valence-corrected chi connectivity index (χ3v) is 7.74. The molecule has 3 aromatic rings. The molecule has 0 radical (unpaired) electrons. The smallest absolute Gasteiger partial charge is 0.245 e. The molecule has 1 aliphatic heterocycles. The van der Waals surface area contributed by atoms with Gasteiger partial charge < -0.3 is 14.5 Å².